The molecule has 1 rings (SSSR count). The number of thiophene rings is 1. The second-order valence-electron chi connectivity index (χ2n) is 5.12. The smallest absolute Gasteiger partial charge is 0.0386 e. The molecule has 0 bridgehead atoms. The largest absolute Gasteiger partial charge is 0.308 e. The SMILES string of the molecule is CC(NCCN(C(C)C)C(C)C)c1cccs1. The van der Waals surface area contributed by atoms with Crippen LogP contribution in [0.2, 0.25) is 0 Å². The second-order valence-corrected chi connectivity index (χ2v) is 6.10. The van der Waals surface area contributed by atoms with E-state index >= 15 is 0 Å². The van der Waals surface area contributed by atoms with Gasteiger partial charge in [0.2, 0.25) is 0 Å². The van der Waals surface area contributed by atoms with E-state index in [4.69, 9.17) is 0 Å². The van der Waals surface area contributed by atoms with Crippen molar-refractivity contribution in [1.82, 2.24) is 10.2 Å². The topological polar surface area (TPSA) is 15.3 Å². The number of hydrogen-bond acceptors (Lipinski definition) is 3. The van der Waals surface area contributed by atoms with Gasteiger partial charge in [0.1, 0.15) is 0 Å². The lowest BCUT2D eigenvalue weighted by molar-refractivity contribution is 0.174. The van der Waals surface area contributed by atoms with Gasteiger partial charge in [-0.2, -0.15) is 0 Å². The third-order valence-corrected chi connectivity index (χ3v) is 4.17. The van der Waals surface area contributed by atoms with Crippen LogP contribution in [0.15, 0.2) is 17.5 Å². The summed E-state index contributed by atoms with van der Waals surface area (Å²) in [7, 11) is 0. The van der Waals surface area contributed by atoms with Crippen LogP contribution in [0.4, 0.5) is 0 Å². The zero-order valence-electron chi connectivity index (χ0n) is 11.7. The molecule has 17 heavy (non-hydrogen) atoms. The summed E-state index contributed by atoms with van der Waals surface area (Å²) in [5.74, 6) is 0. The maximum absolute atomic E-state index is 3.59. The molecule has 0 saturated heterocycles. The van der Waals surface area contributed by atoms with E-state index in [-0.39, 0.29) is 0 Å². The van der Waals surface area contributed by atoms with Crippen LogP contribution in [-0.4, -0.2) is 30.1 Å². The molecule has 0 aliphatic carbocycles. The molecule has 0 spiro atoms. The summed E-state index contributed by atoms with van der Waals surface area (Å²) >= 11 is 1.83. The van der Waals surface area contributed by atoms with Gasteiger partial charge >= 0.3 is 0 Å². The molecule has 0 aromatic carbocycles. The Hall–Kier alpha value is -0.380. The fourth-order valence-electron chi connectivity index (χ4n) is 2.16. The van der Waals surface area contributed by atoms with Crippen molar-refractivity contribution < 1.29 is 0 Å². The molecule has 0 saturated carbocycles. The van der Waals surface area contributed by atoms with Gasteiger partial charge in [0.15, 0.2) is 0 Å². The van der Waals surface area contributed by atoms with Crippen molar-refractivity contribution in [3.8, 4) is 0 Å². The summed E-state index contributed by atoms with van der Waals surface area (Å²) in [5.41, 5.74) is 0. The molecule has 98 valence electrons. The van der Waals surface area contributed by atoms with Gasteiger partial charge in [-0.1, -0.05) is 6.07 Å². The van der Waals surface area contributed by atoms with Crippen LogP contribution in [0, 0.1) is 0 Å². The third-order valence-electron chi connectivity index (χ3n) is 3.12. The van der Waals surface area contributed by atoms with Crippen molar-refractivity contribution in [3.05, 3.63) is 22.4 Å². The van der Waals surface area contributed by atoms with Gasteiger partial charge in [-0.05, 0) is 46.1 Å². The highest BCUT2D eigenvalue weighted by molar-refractivity contribution is 7.10. The van der Waals surface area contributed by atoms with E-state index in [0.717, 1.165) is 13.1 Å². The van der Waals surface area contributed by atoms with E-state index in [2.05, 4.69) is 62.3 Å². The molecule has 1 aromatic heterocycles. The van der Waals surface area contributed by atoms with Crippen molar-refractivity contribution in [2.45, 2.75) is 52.7 Å². The first-order chi connectivity index (χ1) is 8.02. The molecular formula is C14H26N2S. The van der Waals surface area contributed by atoms with E-state index in [1.54, 1.807) is 0 Å². The molecule has 1 aromatic rings. The van der Waals surface area contributed by atoms with Gasteiger partial charge in [-0.15, -0.1) is 11.3 Å². The van der Waals surface area contributed by atoms with Crippen LogP contribution in [0.5, 0.6) is 0 Å². The first-order valence-corrected chi connectivity index (χ1v) is 7.43. The van der Waals surface area contributed by atoms with Crippen LogP contribution in [0.3, 0.4) is 0 Å². The minimum atomic E-state index is 0.469. The highest BCUT2D eigenvalue weighted by Crippen LogP contribution is 2.17. The van der Waals surface area contributed by atoms with Crippen LogP contribution in [-0.2, 0) is 0 Å². The second kappa shape index (κ2) is 7.14. The number of nitrogens with zero attached hydrogens (tertiary/aromatic N) is 1. The normalized spacial score (nSPS) is 13.9. The van der Waals surface area contributed by atoms with Gasteiger partial charge in [-0.25, -0.2) is 0 Å². The maximum Gasteiger partial charge on any atom is 0.0386 e. The van der Waals surface area contributed by atoms with Crippen LogP contribution in [0.25, 0.3) is 0 Å². The molecule has 0 amide bonds. The van der Waals surface area contributed by atoms with E-state index in [1.807, 2.05) is 11.3 Å². The van der Waals surface area contributed by atoms with Gasteiger partial charge in [-0.3, -0.25) is 4.90 Å². The van der Waals surface area contributed by atoms with E-state index in [0.29, 0.717) is 18.1 Å². The molecule has 1 N–H and O–H groups in total. The van der Waals surface area contributed by atoms with Gasteiger partial charge in [0, 0.05) is 36.1 Å². The Kier molecular flexibility index (Phi) is 6.17. The summed E-state index contributed by atoms with van der Waals surface area (Å²) in [6.07, 6.45) is 0. The standard InChI is InChI=1S/C14H26N2S/c1-11(2)16(12(3)4)9-8-15-13(5)14-7-6-10-17-14/h6-7,10-13,15H,8-9H2,1-5H3. The minimum absolute atomic E-state index is 0.469. The first-order valence-electron chi connectivity index (χ1n) is 6.55. The Balaban J connectivity index is 2.31. The average Bonchev–Trinajstić information content (AvgIpc) is 2.76. The molecule has 0 radical (unpaired) electrons. The maximum atomic E-state index is 3.59. The number of nitrogens with one attached hydrogen (secondary N) is 1. The Morgan fingerprint density at radius 2 is 1.82 bits per heavy atom. The third kappa shape index (κ3) is 4.78. The highest BCUT2D eigenvalue weighted by atomic mass is 32.1. The lowest BCUT2D eigenvalue weighted by Gasteiger charge is -2.31. The molecule has 1 atom stereocenters. The zero-order chi connectivity index (χ0) is 12.8. The molecule has 1 heterocycles. The van der Waals surface area contributed by atoms with Crippen molar-refractivity contribution in [3.63, 3.8) is 0 Å². The summed E-state index contributed by atoms with van der Waals surface area (Å²) in [5, 5.41) is 5.73. The Labute approximate surface area is 110 Å². The fourth-order valence-corrected chi connectivity index (χ4v) is 2.92. The predicted octanol–water partition coefficient (Wildman–Crippen LogP) is 3.52. The van der Waals surface area contributed by atoms with Crippen molar-refractivity contribution in [2.75, 3.05) is 13.1 Å². The van der Waals surface area contributed by atoms with Crippen LogP contribution < -0.4 is 5.32 Å². The van der Waals surface area contributed by atoms with Gasteiger partial charge < -0.3 is 5.32 Å². The van der Waals surface area contributed by atoms with Gasteiger partial charge in [0.25, 0.3) is 0 Å². The van der Waals surface area contributed by atoms with Crippen molar-refractivity contribution >= 4 is 11.3 Å². The summed E-state index contributed by atoms with van der Waals surface area (Å²) in [6, 6.07) is 6.02. The minimum Gasteiger partial charge on any atom is -0.308 e. The molecule has 0 aliphatic rings. The Bertz CT molecular complexity index is 285. The highest BCUT2D eigenvalue weighted by Gasteiger charge is 2.13. The summed E-state index contributed by atoms with van der Waals surface area (Å²) in [4.78, 5) is 3.94. The lowest BCUT2D eigenvalue weighted by atomic mass is 10.2. The van der Waals surface area contributed by atoms with Crippen molar-refractivity contribution in [1.29, 1.82) is 0 Å². The number of rotatable bonds is 7. The van der Waals surface area contributed by atoms with Gasteiger partial charge in [0.05, 0.1) is 0 Å². The average molecular weight is 254 g/mol. The van der Waals surface area contributed by atoms with Crippen LogP contribution >= 0.6 is 11.3 Å². The predicted molar refractivity (Wildman–Crippen MR) is 77.7 cm³/mol. The van der Waals surface area contributed by atoms with E-state index < -0.39 is 0 Å². The van der Waals surface area contributed by atoms with E-state index in [1.165, 1.54) is 4.88 Å². The molecule has 2 nitrogen and oxygen atoms in total. The zero-order valence-corrected chi connectivity index (χ0v) is 12.6. The molecule has 3 heteroatoms. The summed E-state index contributed by atoms with van der Waals surface area (Å²) in [6.45, 7) is 13.5. The lowest BCUT2D eigenvalue weighted by Crippen LogP contribution is -2.41. The Morgan fingerprint density at radius 3 is 2.29 bits per heavy atom. The molecule has 0 fully saturated rings. The van der Waals surface area contributed by atoms with Crippen molar-refractivity contribution in [2.24, 2.45) is 0 Å². The van der Waals surface area contributed by atoms with Crippen LogP contribution in [0.1, 0.15) is 45.5 Å². The fraction of sp³-hybridized carbons (Fsp3) is 0.714. The Morgan fingerprint density at radius 1 is 1.18 bits per heavy atom. The molecule has 1 unspecified atom stereocenters. The monoisotopic (exact) mass is 254 g/mol. The summed E-state index contributed by atoms with van der Waals surface area (Å²) < 4.78 is 0. The first kappa shape index (κ1) is 14.7. The molecular weight excluding hydrogens is 228 g/mol. The van der Waals surface area contributed by atoms with E-state index in [9.17, 15) is 0 Å². The molecule has 0 aliphatic heterocycles. The quantitative estimate of drug-likeness (QED) is 0.801. The number of hydrogen-bond donors (Lipinski definition) is 1.